The first kappa shape index (κ1) is 14.7. The van der Waals surface area contributed by atoms with Crippen LogP contribution in [0, 0.1) is 3.57 Å². The first-order valence-corrected chi connectivity index (χ1v) is 8.27. The van der Waals surface area contributed by atoms with Crippen molar-refractivity contribution in [1.82, 2.24) is 9.55 Å². The summed E-state index contributed by atoms with van der Waals surface area (Å²) in [5.41, 5.74) is 0.860. The van der Waals surface area contributed by atoms with Crippen LogP contribution in [0.1, 0.15) is 0 Å². The summed E-state index contributed by atoms with van der Waals surface area (Å²) in [6.45, 7) is 0.505. The van der Waals surface area contributed by atoms with Crippen molar-refractivity contribution >= 4 is 34.5 Å². The second kappa shape index (κ2) is 5.66. The van der Waals surface area contributed by atoms with Gasteiger partial charge in [-0.2, -0.15) is 0 Å². The van der Waals surface area contributed by atoms with Crippen molar-refractivity contribution < 1.29 is 18.7 Å². The van der Waals surface area contributed by atoms with Crippen LogP contribution in [0.5, 0.6) is 5.75 Å². The van der Waals surface area contributed by atoms with Crippen LogP contribution in [0.4, 0.5) is 15.0 Å². The molecule has 3 heterocycles. The van der Waals surface area contributed by atoms with Crippen LogP contribution in [0.3, 0.4) is 0 Å². The SMILES string of the molecule is O=C1OCC(CF)N1c1cn2c(n1)-c1ccc(I)cc1OCC2. The fourth-order valence-corrected chi connectivity index (χ4v) is 3.28. The van der Waals surface area contributed by atoms with Crippen molar-refractivity contribution in [2.24, 2.45) is 0 Å². The Morgan fingerprint density at radius 3 is 3.09 bits per heavy atom. The van der Waals surface area contributed by atoms with Crippen LogP contribution >= 0.6 is 22.6 Å². The fraction of sp³-hybridized carbons (Fsp3) is 0.333. The molecule has 1 saturated heterocycles. The highest BCUT2D eigenvalue weighted by molar-refractivity contribution is 14.1. The van der Waals surface area contributed by atoms with Crippen molar-refractivity contribution in [1.29, 1.82) is 0 Å². The van der Waals surface area contributed by atoms with Gasteiger partial charge in [-0.25, -0.2) is 14.2 Å². The number of fused-ring (bicyclic) bond motifs is 3. The van der Waals surface area contributed by atoms with Gasteiger partial charge in [-0.1, -0.05) is 0 Å². The van der Waals surface area contributed by atoms with Gasteiger partial charge in [0, 0.05) is 9.77 Å². The Balaban J connectivity index is 1.80. The Morgan fingerprint density at radius 1 is 1.39 bits per heavy atom. The molecule has 6 nitrogen and oxygen atoms in total. The van der Waals surface area contributed by atoms with E-state index >= 15 is 0 Å². The lowest BCUT2D eigenvalue weighted by Gasteiger charge is -2.15. The predicted octanol–water partition coefficient (Wildman–Crippen LogP) is 2.84. The number of nitrogens with zero attached hydrogens (tertiary/aromatic N) is 3. The number of hydrogen-bond acceptors (Lipinski definition) is 4. The molecular formula is C15H13FIN3O3. The third-order valence-corrected chi connectivity index (χ3v) is 4.60. The average molecular weight is 429 g/mol. The summed E-state index contributed by atoms with van der Waals surface area (Å²) in [7, 11) is 0. The van der Waals surface area contributed by atoms with Gasteiger partial charge in [0.25, 0.3) is 0 Å². The molecule has 0 saturated carbocycles. The van der Waals surface area contributed by atoms with E-state index in [0.717, 1.165) is 14.9 Å². The summed E-state index contributed by atoms with van der Waals surface area (Å²) in [5.74, 6) is 1.89. The number of anilines is 1. The summed E-state index contributed by atoms with van der Waals surface area (Å²) in [6.07, 6.45) is 1.20. The number of ether oxygens (including phenoxy) is 2. The zero-order valence-electron chi connectivity index (χ0n) is 12.0. The van der Waals surface area contributed by atoms with E-state index in [2.05, 4.69) is 27.6 Å². The molecule has 4 rings (SSSR count). The molecule has 0 aliphatic carbocycles. The van der Waals surface area contributed by atoms with Crippen LogP contribution < -0.4 is 9.64 Å². The molecular weight excluding hydrogens is 416 g/mol. The number of carbonyl (C=O) groups is 1. The highest BCUT2D eigenvalue weighted by atomic mass is 127. The van der Waals surface area contributed by atoms with Crippen molar-refractivity contribution in [2.75, 3.05) is 24.8 Å². The molecule has 1 fully saturated rings. The molecule has 1 aromatic carbocycles. The largest absolute Gasteiger partial charge is 0.491 e. The first-order valence-electron chi connectivity index (χ1n) is 7.19. The minimum Gasteiger partial charge on any atom is -0.491 e. The van der Waals surface area contributed by atoms with Crippen LogP contribution in [-0.4, -0.2) is 41.6 Å². The topological polar surface area (TPSA) is 56.6 Å². The number of halogens is 2. The van der Waals surface area contributed by atoms with Crippen LogP contribution in [-0.2, 0) is 11.3 Å². The van der Waals surface area contributed by atoms with Crippen molar-refractivity contribution in [3.05, 3.63) is 28.0 Å². The van der Waals surface area contributed by atoms with Crippen molar-refractivity contribution in [2.45, 2.75) is 12.6 Å². The molecule has 2 aliphatic heterocycles. The maximum atomic E-state index is 13.1. The number of aromatic nitrogens is 2. The van der Waals surface area contributed by atoms with E-state index < -0.39 is 18.8 Å². The summed E-state index contributed by atoms with van der Waals surface area (Å²) in [4.78, 5) is 17.7. The summed E-state index contributed by atoms with van der Waals surface area (Å²) in [6, 6.07) is 5.25. The summed E-state index contributed by atoms with van der Waals surface area (Å²) < 4.78 is 26.8. The van der Waals surface area contributed by atoms with Crippen molar-refractivity contribution in [3.8, 4) is 17.1 Å². The monoisotopic (exact) mass is 429 g/mol. The number of cyclic esters (lactones) is 1. The van der Waals surface area contributed by atoms with Crippen molar-refractivity contribution in [3.63, 3.8) is 0 Å². The van der Waals surface area contributed by atoms with E-state index in [4.69, 9.17) is 9.47 Å². The van der Waals surface area contributed by atoms with Gasteiger partial charge in [0.15, 0.2) is 5.82 Å². The summed E-state index contributed by atoms with van der Waals surface area (Å²) >= 11 is 2.23. The van der Waals surface area contributed by atoms with Gasteiger partial charge in [-0.15, -0.1) is 0 Å². The molecule has 0 radical (unpaired) electrons. The lowest BCUT2D eigenvalue weighted by atomic mass is 10.2. The minimum absolute atomic E-state index is 0.0510. The molecule has 1 atom stereocenters. The molecule has 0 N–H and O–H groups in total. The Kier molecular flexibility index (Phi) is 3.63. The molecule has 2 aromatic rings. The third-order valence-electron chi connectivity index (χ3n) is 3.92. The molecule has 8 heteroatoms. The van der Waals surface area contributed by atoms with Crippen LogP contribution in [0.25, 0.3) is 11.4 Å². The van der Waals surface area contributed by atoms with Gasteiger partial charge in [-0.3, -0.25) is 4.90 Å². The van der Waals surface area contributed by atoms with Crippen LogP contribution in [0.2, 0.25) is 0 Å². The van der Waals surface area contributed by atoms with E-state index in [9.17, 15) is 9.18 Å². The quantitative estimate of drug-likeness (QED) is 0.690. The smallest absolute Gasteiger partial charge is 0.416 e. The maximum absolute atomic E-state index is 13.1. The van der Waals surface area contributed by atoms with E-state index in [1.807, 2.05) is 22.8 Å². The fourth-order valence-electron chi connectivity index (χ4n) is 2.81. The Bertz CT molecular complexity index is 779. The number of hydrogen-bond donors (Lipinski definition) is 0. The minimum atomic E-state index is -0.661. The van der Waals surface area contributed by atoms with E-state index in [0.29, 0.717) is 24.8 Å². The van der Waals surface area contributed by atoms with Gasteiger partial charge in [0.1, 0.15) is 37.5 Å². The van der Waals surface area contributed by atoms with Gasteiger partial charge < -0.3 is 14.0 Å². The molecule has 2 aliphatic rings. The number of rotatable bonds is 2. The molecule has 0 bridgehead atoms. The second-order valence-corrected chi connectivity index (χ2v) is 6.61. The zero-order chi connectivity index (χ0) is 16.0. The molecule has 23 heavy (non-hydrogen) atoms. The predicted molar refractivity (Wildman–Crippen MR) is 89.5 cm³/mol. The normalized spacial score (nSPS) is 19.7. The Morgan fingerprint density at radius 2 is 2.26 bits per heavy atom. The van der Waals surface area contributed by atoms with Gasteiger partial charge in [0.05, 0.1) is 12.1 Å². The number of amides is 1. The lowest BCUT2D eigenvalue weighted by molar-refractivity contribution is 0.177. The highest BCUT2D eigenvalue weighted by Gasteiger charge is 2.36. The van der Waals surface area contributed by atoms with E-state index in [1.165, 1.54) is 4.90 Å². The maximum Gasteiger partial charge on any atom is 0.416 e. The van der Waals surface area contributed by atoms with E-state index in [-0.39, 0.29) is 6.61 Å². The number of benzene rings is 1. The first-order chi connectivity index (χ1) is 11.2. The van der Waals surface area contributed by atoms with Crippen LogP contribution in [0.15, 0.2) is 24.4 Å². The van der Waals surface area contributed by atoms with E-state index in [1.54, 1.807) is 6.20 Å². The third kappa shape index (κ3) is 2.44. The highest BCUT2D eigenvalue weighted by Crippen LogP contribution is 2.35. The van der Waals surface area contributed by atoms with Gasteiger partial charge in [-0.05, 0) is 40.8 Å². The van der Waals surface area contributed by atoms with Gasteiger partial charge >= 0.3 is 6.09 Å². The molecule has 1 unspecified atom stereocenters. The number of carbonyl (C=O) groups excluding carboxylic acids is 1. The number of imidazole rings is 1. The molecule has 0 spiro atoms. The Hall–Kier alpha value is -1.84. The van der Waals surface area contributed by atoms with Gasteiger partial charge in [0.2, 0.25) is 0 Å². The second-order valence-electron chi connectivity index (χ2n) is 5.36. The number of alkyl halides is 1. The molecule has 120 valence electrons. The Labute approximate surface area is 145 Å². The molecule has 1 amide bonds. The average Bonchev–Trinajstić information content (AvgIpc) is 3.06. The molecule has 1 aromatic heterocycles. The lowest BCUT2D eigenvalue weighted by Crippen LogP contribution is -2.35. The summed E-state index contributed by atoms with van der Waals surface area (Å²) in [5, 5.41) is 0. The standard InChI is InChI=1S/C15H13FIN3O3/c16-6-10-8-23-15(21)20(10)13-7-19-3-4-22-12-5-9(17)1-2-11(12)14(19)18-13/h1-2,5,7,10H,3-4,6,8H2. The zero-order valence-corrected chi connectivity index (χ0v) is 14.2.